The molecule has 1 heterocycles. The summed E-state index contributed by atoms with van der Waals surface area (Å²) in [6, 6.07) is 8.91. The SMILES string of the molecule is CC(C)CC(=O)NC(C(=O)N1CCC(N)C(C)(C)C1)c1ccccc1.Cl. The van der Waals surface area contributed by atoms with Crippen LogP contribution >= 0.6 is 12.4 Å². The van der Waals surface area contributed by atoms with Crippen LogP contribution in [0.5, 0.6) is 0 Å². The summed E-state index contributed by atoms with van der Waals surface area (Å²) in [7, 11) is 0. The number of halogens is 1. The number of amides is 2. The highest BCUT2D eigenvalue weighted by molar-refractivity contribution is 5.89. The predicted molar refractivity (Wildman–Crippen MR) is 107 cm³/mol. The van der Waals surface area contributed by atoms with Gasteiger partial charge in [0, 0.05) is 25.6 Å². The monoisotopic (exact) mass is 381 g/mol. The molecule has 1 aliphatic heterocycles. The van der Waals surface area contributed by atoms with Gasteiger partial charge >= 0.3 is 0 Å². The highest BCUT2D eigenvalue weighted by Crippen LogP contribution is 2.29. The first-order valence-electron chi connectivity index (χ1n) is 9.09. The molecule has 6 heteroatoms. The summed E-state index contributed by atoms with van der Waals surface area (Å²) in [5, 5.41) is 2.94. The van der Waals surface area contributed by atoms with E-state index >= 15 is 0 Å². The molecule has 0 aromatic heterocycles. The molecule has 26 heavy (non-hydrogen) atoms. The molecule has 1 aromatic rings. The van der Waals surface area contributed by atoms with E-state index in [2.05, 4.69) is 19.2 Å². The second-order valence-corrected chi connectivity index (χ2v) is 8.15. The molecule has 1 aliphatic rings. The first kappa shape index (κ1) is 22.5. The summed E-state index contributed by atoms with van der Waals surface area (Å²) >= 11 is 0. The predicted octanol–water partition coefficient (Wildman–Crippen LogP) is 2.90. The van der Waals surface area contributed by atoms with Crippen molar-refractivity contribution in [3.8, 4) is 0 Å². The Morgan fingerprint density at radius 1 is 1.27 bits per heavy atom. The quantitative estimate of drug-likeness (QED) is 0.823. The summed E-state index contributed by atoms with van der Waals surface area (Å²) in [6.07, 6.45) is 1.19. The van der Waals surface area contributed by atoms with Gasteiger partial charge in [-0.2, -0.15) is 0 Å². The number of hydrogen-bond donors (Lipinski definition) is 2. The molecule has 1 fully saturated rings. The van der Waals surface area contributed by atoms with Crippen molar-refractivity contribution in [2.24, 2.45) is 17.1 Å². The molecule has 0 aliphatic carbocycles. The Bertz CT molecular complexity index is 604. The van der Waals surface area contributed by atoms with Crippen LogP contribution in [0.15, 0.2) is 30.3 Å². The smallest absolute Gasteiger partial charge is 0.249 e. The van der Waals surface area contributed by atoms with Crippen LogP contribution in [0, 0.1) is 11.3 Å². The third-order valence-electron chi connectivity index (χ3n) is 4.90. The second-order valence-electron chi connectivity index (χ2n) is 8.15. The Kier molecular flexibility index (Phi) is 8.10. The van der Waals surface area contributed by atoms with Crippen molar-refractivity contribution in [2.45, 2.75) is 52.6 Å². The van der Waals surface area contributed by atoms with Crippen molar-refractivity contribution in [1.82, 2.24) is 10.2 Å². The molecule has 146 valence electrons. The van der Waals surface area contributed by atoms with Crippen molar-refractivity contribution in [1.29, 1.82) is 0 Å². The Balaban J connectivity index is 0.00000338. The molecule has 5 nitrogen and oxygen atoms in total. The first-order chi connectivity index (χ1) is 11.7. The van der Waals surface area contributed by atoms with Crippen LogP contribution in [0.4, 0.5) is 0 Å². The fourth-order valence-corrected chi connectivity index (χ4v) is 3.27. The molecule has 1 saturated heterocycles. The molecule has 0 saturated carbocycles. The molecule has 1 aromatic carbocycles. The summed E-state index contributed by atoms with van der Waals surface area (Å²) in [6.45, 7) is 9.40. The van der Waals surface area contributed by atoms with Crippen LogP contribution < -0.4 is 11.1 Å². The van der Waals surface area contributed by atoms with Crippen molar-refractivity contribution in [3.63, 3.8) is 0 Å². The lowest BCUT2D eigenvalue weighted by Crippen LogP contribution is -2.56. The maximum Gasteiger partial charge on any atom is 0.249 e. The number of nitrogens with two attached hydrogens (primary N) is 1. The number of likely N-dealkylation sites (tertiary alicyclic amines) is 1. The summed E-state index contributed by atoms with van der Waals surface area (Å²) in [5.41, 5.74) is 6.88. The Labute approximate surface area is 163 Å². The Hall–Kier alpha value is -1.59. The highest BCUT2D eigenvalue weighted by Gasteiger charge is 2.38. The molecule has 2 rings (SSSR count). The van der Waals surface area contributed by atoms with Crippen molar-refractivity contribution < 1.29 is 9.59 Å². The Morgan fingerprint density at radius 2 is 1.88 bits per heavy atom. The highest BCUT2D eigenvalue weighted by atomic mass is 35.5. The van der Waals surface area contributed by atoms with Gasteiger partial charge in [-0.15, -0.1) is 12.4 Å². The number of nitrogens with zero attached hydrogens (tertiary/aromatic N) is 1. The lowest BCUT2D eigenvalue weighted by atomic mass is 9.79. The van der Waals surface area contributed by atoms with E-state index < -0.39 is 6.04 Å². The number of carbonyl (C=O) groups excluding carboxylic acids is 2. The maximum absolute atomic E-state index is 13.2. The minimum absolute atomic E-state index is 0. The fraction of sp³-hybridized carbons (Fsp3) is 0.600. The summed E-state index contributed by atoms with van der Waals surface area (Å²) < 4.78 is 0. The van der Waals surface area contributed by atoms with Crippen LogP contribution in [0.3, 0.4) is 0 Å². The number of piperidine rings is 1. The van der Waals surface area contributed by atoms with E-state index in [4.69, 9.17) is 5.73 Å². The number of hydrogen-bond acceptors (Lipinski definition) is 3. The third-order valence-corrected chi connectivity index (χ3v) is 4.90. The van der Waals surface area contributed by atoms with Crippen LogP contribution in [-0.2, 0) is 9.59 Å². The van der Waals surface area contributed by atoms with Gasteiger partial charge in [0.05, 0.1) is 0 Å². The molecular formula is C20H32ClN3O2. The van der Waals surface area contributed by atoms with Crippen LogP contribution in [0.25, 0.3) is 0 Å². The largest absolute Gasteiger partial charge is 0.341 e. The Morgan fingerprint density at radius 3 is 2.42 bits per heavy atom. The molecule has 2 amide bonds. The minimum atomic E-state index is -0.641. The van der Waals surface area contributed by atoms with Gasteiger partial charge in [0.1, 0.15) is 6.04 Å². The van der Waals surface area contributed by atoms with E-state index in [0.29, 0.717) is 19.5 Å². The lowest BCUT2D eigenvalue weighted by molar-refractivity contribution is -0.139. The summed E-state index contributed by atoms with van der Waals surface area (Å²) in [4.78, 5) is 27.3. The zero-order chi connectivity index (χ0) is 18.6. The van der Waals surface area contributed by atoms with E-state index in [1.54, 1.807) is 0 Å². The maximum atomic E-state index is 13.2. The van der Waals surface area contributed by atoms with E-state index in [-0.39, 0.29) is 41.6 Å². The number of benzene rings is 1. The topological polar surface area (TPSA) is 75.4 Å². The average molecular weight is 382 g/mol. The molecule has 3 N–H and O–H groups in total. The average Bonchev–Trinajstić information content (AvgIpc) is 2.54. The zero-order valence-corrected chi connectivity index (χ0v) is 17.0. The van der Waals surface area contributed by atoms with Crippen LogP contribution in [-0.4, -0.2) is 35.8 Å². The minimum Gasteiger partial charge on any atom is -0.341 e. The first-order valence-corrected chi connectivity index (χ1v) is 9.09. The molecular weight excluding hydrogens is 350 g/mol. The zero-order valence-electron chi connectivity index (χ0n) is 16.2. The normalized spacial score (nSPS) is 20.2. The van der Waals surface area contributed by atoms with Gasteiger partial charge in [0.2, 0.25) is 11.8 Å². The third kappa shape index (κ3) is 5.71. The molecule has 0 bridgehead atoms. The van der Waals surface area contributed by atoms with E-state index in [1.165, 1.54) is 0 Å². The lowest BCUT2D eigenvalue weighted by Gasteiger charge is -2.43. The van der Waals surface area contributed by atoms with Gasteiger partial charge in [0.15, 0.2) is 0 Å². The fourth-order valence-electron chi connectivity index (χ4n) is 3.27. The number of rotatable bonds is 5. The van der Waals surface area contributed by atoms with Gasteiger partial charge in [-0.3, -0.25) is 9.59 Å². The van der Waals surface area contributed by atoms with Crippen LogP contribution in [0.2, 0.25) is 0 Å². The molecule has 2 unspecified atom stereocenters. The van der Waals surface area contributed by atoms with E-state index in [9.17, 15) is 9.59 Å². The van der Waals surface area contributed by atoms with E-state index in [0.717, 1.165) is 12.0 Å². The summed E-state index contributed by atoms with van der Waals surface area (Å²) in [5.74, 6) is 0.104. The van der Waals surface area contributed by atoms with Gasteiger partial charge in [-0.25, -0.2) is 0 Å². The van der Waals surface area contributed by atoms with Gasteiger partial charge in [-0.1, -0.05) is 58.0 Å². The van der Waals surface area contributed by atoms with Crippen LogP contribution in [0.1, 0.15) is 52.1 Å². The van der Waals surface area contributed by atoms with Crippen molar-refractivity contribution >= 4 is 24.2 Å². The van der Waals surface area contributed by atoms with Crippen molar-refractivity contribution in [3.05, 3.63) is 35.9 Å². The molecule has 0 spiro atoms. The molecule has 2 atom stereocenters. The van der Waals surface area contributed by atoms with E-state index in [1.807, 2.05) is 49.1 Å². The van der Waals surface area contributed by atoms with Gasteiger partial charge < -0.3 is 16.0 Å². The standard InChI is InChI=1S/C20H31N3O2.ClH/c1-14(2)12-17(24)22-18(15-8-6-5-7-9-15)19(25)23-11-10-16(21)20(3,4)13-23;/h5-9,14,16,18H,10-13,21H2,1-4H3,(H,22,24);1H. The molecule has 0 radical (unpaired) electrons. The number of carbonyl (C=O) groups is 2. The number of nitrogens with one attached hydrogen (secondary N) is 1. The van der Waals surface area contributed by atoms with Gasteiger partial charge in [0.25, 0.3) is 0 Å². The second kappa shape index (κ2) is 9.38. The van der Waals surface area contributed by atoms with Gasteiger partial charge in [-0.05, 0) is 23.3 Å². The van der Waals surface area contributed by atoms with Crippen molar-refractivity contribution in [2.75, 3.05) is 13.1 Å².